The highest BCUT2D eigenvalue weighted by atomic mass is 16.4. The summed E-state index contributed by atoms with van der Waals surface area (Å²) in [6.07, 6.45) is 2.11. The minimum Gasteiger partial charge on any atom is -0.475 e. The average Bonchev–Trinajstić information content (AvgIpc) is 3.40. The number of carboxylic acid groups (broad SMARTS) is 1. The highest BCUT2D eigenvalue weighted by Crippen LogP contribution is 2.27. The van der Waals surface area contributed by atoms with E-state index in [-0.39, 0.29) is 5.76 Å². The number of carbonyl (C=O) groups is 1. The second-order valence-electron chi connectivity index (χ2n) is 7.26. The summed E-state index contributed by atoms with van der Waals surface area (Å²) in [5.74, 6) is -1.06. The molecule has 3 heterocycles. The number of furan rings is 1. The Kier molecular flexibility index (Phi) is 4.69. The van der Waals surface area contributed by atoms with E-state index in [9.17, 15) is 4.79 Å². The van der Waals surface area contributed by atoms with Gasteiger partial charge in [0.05, 0.1) is 0 Å². The number of nitrogens with one attached hydrogen (secondary N) is 1. The smallest absolute Gasteiger partial charge is 0.371 e. The lowest BCUT2D eigenvalue weighted by atomic mass is 10.1. The molecule has 2 N–H and O–H groups in total. The van der Waals surface area contributed by atoms with Crippen molar-refractivity contribution < 1.29 is 15.7 Å². The van der Waals surface area contributed by atoms with Gasteiger partial charge in [-0.15, -0.1) is 0 Å². The Morgan fingerprint density at radius 3 is 2.72 bits per heavy atom. The molecule has 0 unspecified atom stereocenters. The normalized spacial score (nSPS) is 15.2. The van der Waals surface area contributed by atoms with Gasteiger partial charge < -0.3 is 19.4 Å². The van der Waals surface area contributed by atoms with Crippen LogP contribution in [0.5, 0.6) is 0 Å². The SMILES string of the molecule is O=C(O)c1cc2cc(N3CCN(Cc4c[nH]c5ccccc45)CC3)ccc2o1.[2H]C. The highest BCUT2D eigenvalue weighted by molar-refractivity contribution is 5.92. The molecule has 1 aliphatic rings. The zero-order chi connectivity index (χ0) is 21.1. The van der Waals surface area contributed by atoms with Crippen LogP contribution in [0.15, 0.2) is 59.1 Å². The Bertz CT molecular complexity index is 1160. The first-order valence-electron chi connectivity index (χ1n) is 10.5. The number of fused-ring (bicyclic) bond motifs is 2. The second kappa shape index (κ2) is 7.64. The van der Waals surface area contributed by atoms with Gasteiger partial charge in [-0.05, 0) is 35.9 Å². The van der Waals surface area contributed by atoms with E-state index in [2.05, 4.69) is 45.2 Å². The molecule has 1 aliphatic heterocycles. The van der Waals surface area contributed by atoms with Crippen LogP contribution in [0.4, 0.5) is 5.69 Å². The number of rotatable bonds is 4. The third kappa shape index (κ3) is 3.59. The van der Waals surface area contributed by atoms with Crippen LogP contribution in [0.3, 0.4) is 0 Å². The first-order valence-corrected chi connectivity index (χ1v) is 9.46. The first kappa shape index (κ1) is 17.8. The van der Waals surface area contributed by atoms with Gasteiger partial charge in [0.15, 0.2) is 0 Å². The van der Waals surface area contributed by atoms with E-state index >= 15 is 0 Å². The lowest BCUT2D eigenvalue weighted by Gasteiger charge is -2.36. The summed E-state index contributed by atoms with van der Waals surface area (Å²) >= 11 is 0. The van der Waals surface area contributed by atoms with Crippen LogP contribution in [-0.4, -0.2) is 47.1 Å². The van der Waals surface area contributed by atoms with Crippen molar-refractivity contribution in [1.82, 2.24) is 9.88 Å². The third-order valence-electron chi connectivity index (χ3n) is 5.52. The molecule has 6 heteroatoms. The molecule has 2 aromatic heterocycles. The van der Waals surface area contributed by atoms with Crippen LogP contribution in [0.1, 0.15) is 24.9 Å². The summed E-state index contributed by atoms with van der Waals surface area (Å²) in [7, 11) is 1.25. The van der Waals surface area contributed by atoms with Gasteiger partial charge in [-0.2, -0.15) is 0 Å². The fourth-order valence-corrected chi connectivity index (χ4v) is 4.00. The highest BCUT2D eigenvalue weighted by Gasteiger charge is 2.19. The maximum atomic E-state index is 11.1. The summed E-state index contributed by atoms with van der Waals surface area (Å²) in [6, 6.07) is 15.9. The Labute approximate surface area is 170 Å². The van der Waals surface area contributed by atoms with Crippen molar-refractivity contribution in [2.45, 2.75) is 13.9 Å². The van der Waals surface area contributed by atoms with Crippen molar-refractivity contribution in [1.29, 1.82) is 0 Å². The molecule has 0 radical (unpaired) electrons. The fourth-order valence-electron chi connectivity index (χ4n) is 4.00. The van der Waals surface area contributed by atoms with E-state index in [1.54, 1.807) is 6.07 Å². The molecule has 2 aromatic carbocycles. The maximum absolute atomic E-state index is 11.1. The van der Waals surface area contributed by atoms with Crippen molar-refractivity contribution >= 4 is 33.5 Å². The number of carboxylic acids is 1. The van der Waals surface area contributed by atoms with Crippen LogP contribution in [0, 0.1) is 0 Å². The zero-order valence-corrected chi connectivity index (χ0v) is 16.4. The molecule has 0 bridgehead atoms. The number of piperazine rings is 1. The Morgan fingerprint density at radius 1 is 1.14 bits per heavy atom. The van der Waals surface area contributed by atoms with Crippen molar-refractivity contribution in [2.24, 2.45) is 0 Å². The van der Waals surface area contributed by atoms with Crippen LogP contribution in [0.2, 0.25) is 0 Å². The summed E-state index contributed by atoms with van der Waals surface area (Å²) < 4.78 is 11.1. The van der Waals surface area contributed by atoms with Gasteiger partial charge in [-0.25, -0.2) is 4.79 Å². The summed E-state index contributed by atoms with van der Waals surface area (Å²) in [6.45, 7) is 4.81. The predicted molar refractivity (Wildman–Crippen MR) is 116 cm³/mol. The Morgan fingerprint density at radius 2 is 1.93 bits per heavy atom. The van der Waals surface area contributed by atoms with Gasteiger partial charge >= 0.3 is 5.97 Å². The molecule has 4 aromatic rings. The van der Waals surface area contributed by atoms with Crippen molar-refractivity contribution in [3.05, 3.63) is 66.1 Å². The van der Waals surface area contributed by atoms with Crippen LogP contribution in [0.25, 0.3) is 21.9 Å². The number of hydrogen-bond donors (Lipinski definition) is 2. The quantitative estimate of drug-likeness (QED) is 0.532. The lowest BCUT2D eigenvalue weighted by molar-refractivity contribution is 0.0665. The molecule has 1 fully saturated rings. The number of aromatic nitrogens is 1. The fraction of sp³-hybridized carbons (Fsp3) is 0.261. The van der Waals surface area contributed by atoms with Crippen LogP contribution >= 0.6 is 0 Å². The van der Waals surface area contributed by atoms with E-state index in [1.807, 2.05) is 18.2 Å². The molecule has 5 rings (SSSR count). The summed E-state index contributed by atoms with van der Waals surface area (Å²) in [5.41, 5.74) is 4.24. The van der Waals surface area contributed by atoms with Crippen LogP contribution in [-0.2, 0) is 6.54 Å². The number of H-pyrrole nitrogens is 1. The maximum Gasteiger partial charge on any atom is 0.371 e. The topological polar surface area (TPSA) is 72.7 Å². The number of para-hydroxylation sites is 1. The van der Waals surface area contributed by atoms with Crippen molar-refractivity contribution in [2.75, 3.05) is 31.1 Å². The molecule has 150 valence electrons. The van der Waals surface area contributed by atoms with Gasteiger partial charge in [0.25, 0.3) is 0 Å². The monoisotopic (exact) mass is 392 g/mol. The summed E-state index contributed by atoms with van der Waals surface area (Å²) in [5, 5.41) is 11.2. The van der Waals surface area contributed by atoms with Crippen molar-refractivity contribution in [3.8, 4) is 0 Å². The predicted octanol–water partition coefficient (Wildman–Crippen LogP) is 4.57. The zero-order valence-electron chi connectivity index (χ0n) is 17.4. The molecular weight excluding hydrogens is 366 g/mol. The van der Waals surface area contributed by atoms with E-state index < -0.39 is 5.97 Å². The molecule has 1 saturated heterocycles. The van der Waals surface area contributed by atoms with Gasteiger partial charge in [0, 0.05) is 62.3 Å². The van der Waals surface area contributed by atoms with E-state index in [1.165, 1.54) is 23.9 Å². The van der Waals surface area contributed by atoms with E-state index in [4.69, 9.17) is 10.9 Å². The van der Waals surface area contributed by atoms with E-state index in [0.29, 0.717) is 5.58 Å². The minimum absolute atomic E-state index is 0.0179. The number of aromatic amines is 1. The second-order valence-corrected chi connectivity index (χ2v) is 7.26. The number of anilines is 1. The standard InChI is InChI=1S/C22H21N3O3.CH4/c26-22(27)21-12-15-11-17(5-6-20(15)28-21)25-9-7-24(8-10-25)14-16-13-23-19-4-2-1-3-18(16)19;/h1-6,11-13,23H,7-10,14H2,(H,26,27);1H4/i;1D. The first-order chi connectivity index (χ1) is 14.7. The third-order valence-corrected chi connectivity index (χ3v) is 5.52. The molecule has 0 aliphatic carbocycles. The molecule has 0 amide bonds. The molecule has 6 nitrogen and oxygen atoms in total. The van der Waals surface area contributed by atoms with Gasteiger partial charge in [-0.1, -0.05) is 25.6 Å². The largest absolute Gasteiger partial charge is 0.475 e. The van der Waals surface area contributed by atoms with Gasteiger partial charge in [0.2, 0.25) is 5.76 Å². The number of aromatic carboxylic acids is 1. The molecule has 29 heavy (non-hydrogen) atoms. The number of benzene rings is 2. The molecule has 0 atom stereocenters. The number of hydrogen-bond acceptors (Lipinski definition) is 4. The van der Waals surface area contributed by atoms with Gasteiger partial charge in [-0.3, -0.25) is 4.90 Å². The average molecular weight is 392 g/mol. The summed E-state index contributed by atoms with van der Waals surface area (Å²) in [4.78, 5) is 19.3. The van der Waals surface area contributed by atoms with Gasteiger partial charge in [0.1, 0.15) is 5.58 Å². The lowest BCUT2D eigenvalue weighted by Crippen LogP contribution is -2.45. The Balaban J connectivity index is 0.00000106. The molecule has 0 saturated carbocycles. The number of nitrogens with zero attached hydrogens (tertiary/aromatic N) is 2. The molecular formula is C23H25N3O3. The minimum atomic E-state index is -1.04. The van der Waals surface area contributed by atoms with E-state index in [0.717, 1.165) is 43.8 Å². The molecule has 0 spiro atoms. The van der Waals surface area contributed by atoms with Crippen LogP contribution < -0.4 is 4.90 Å². The van der Waals surface area contributed by atoms with Crippen molar-refractivity contribution in [3.63, 3.8) is 0 Å². The Hall–Kier alpha value is -3.25.